The average Bonchev–Trinajstić information content (AvgIpc) is 2.65. The maximum absolute atomic E-state index is 5.49. The van der Waals surface area contributed by atoms with Crippen molar-refractivity contribution >= 4 is 6.01 Å². The molecule has 0 aromatic carbocycles. The van der Waals surface area contributed by atoms with Gasteiger partial charge in [-0.15, -0.1) is 5.10 Å². The minimum atomic E-state index is 0.363. The van der Waals surface area contributed by atoms with Crippen LogP contribution in [-0.2, 0) is 6.54 Å². The van der Waals surface area contributed by atoms with Gasteiger partial charge in [-0.2, -0.15) is 0 Å². The fraction of sp³-hybridized carbons (Fsp3) is 0.800. The zero-order valence-electron chi connectivity index (χ0n) is 9.95. The van der Waals surface area contributed by atoms with Crippen LogP contribution in [0.1, 0.15) is 33.1 Å². The zero-order chi connectivity index (χ0) is 11.3. The van der Waals surface area contributed by atoms with Crippen molar-refractivity contribution in [2.75, 3.05) is 18.5 Å². The lowest BCUT2D eigenvalue weighted by atomic mass is 10.4. The molecule has 0 aliphatic carbocycles. The molecule has 1 heterocycles. The zero-order valence-corrected chi connectivity index (χ0v) is 9.95. The third-order valence-corrected chi connectivity index (χ3v) is 2.24. The summed E-state index contributed by atoms with van der Waals surface area (Å²) in [7, 11) is 1.95. The van der Waals surface area contributed by atoms with Crippen molar-refractivity contribution in [3.8, 4) is 0 Å². The van der Waals surface area contributed by atoms with Crippen LogP contribution in [0.3, 0.4) is 0 Å². The molecule has 0 spiro atoms. The lowest BCUT2D eigenvalue weighted by molar-refractivity contribution is 0.459. The van der Waals surface area contributed by atoms with Gasteiger partial charge in [-0.25, -0.2) is 0 Å². The molecule has 1 aromatic heterocycles. The molecular formula is C10H20N4O. The van der Waals surface area contributed by atoms with Crippen molar-refractivity contribution in [2.45, 2.75) is 39.8 Å². The Morgan fingerprint density at radius 3 is 2.73 bits per heavy atom. The quantitative estimate of drug-likeness (QED) is 0.723. The van der Waals surface area contributed by atoms with Gasteiger partial charge in [0.25, 0.3) is 0 Å². The fourth-order valence-electron chi connectivity index (χ4n) is 1.05. The highest BCUT2D eigenvalue weighted by Crippen LogP contribution is 2.12. The third kappa shape index (κ3) is 3.51. The molecule has 0 saturated heterocycles. The van der Waals surface area contributed by atoms with Gasteiger partial charge >= 0.3 is 6.01 Å². The summed E-state index contributed by atoms with van der Waals surface area (Å²) in [5, 5.41) is 11.2. The normalized spacial score (nSPS) is 11.0. The van der Waals surface area contributed by atoms with E-state index in [1.165, 1.54) is 0 Å². The predicted molar refractivity (Wildman–Crippen MR) is 59.8 cm³/mol. The first-order valence-corrected chi connectivity index (χ1v) is 5.41. The highest BCUT2D eigenvalue weighted by Gasteiger charge is 2.12. The second kappa shape index (κ2) is 5.70. The lowest BCUT2D eigenvalue weighted by Gasteiger charge is -2.17. The Labute approximate surface area is 90.9 Å². The summed E-state index contributed by atoms with van der Waals surface area (Å²) >= 11 is 0. The molecule has 86 valence electrons. The largest absolute Gasteiger partial charge is 0.407 e. The van der Waals surface area contributed by atoms with E-state index in [1.807, 2.05) is 11.9 Å². The molecule has 0 atom stereocenters. The maximum atomic E-state index is 5.49. The maximum Gasteiger partial charge on any atom is 0.318 e. The van der Waals surface area contributed by atoms with Gasteiger partial charge in [0, 0.05) is 13.1 Å². The smallest absolute Gasteiger partial charge is 0.318 e. The van der Waals surface area contributed by atoms with Crippen LogP contribution in [0.5, 0.6) is 0 Å². The molecule has 5 nitrogen and oxygen atoms in total. The fourth-order valence-corrected chi connectivity index (χ4v) is 1.05. The van der Waals surface area contributed by atoms with Gasteiger partial charge in [0.05, 0.1) is 6.54 Å². The minimum absolute atomic E-state index is 0.363. The molecule has 0 aliphatic rings. The van der Waals surface area contributed by atoms with Gasteiger partial charge in [0.1, 0.15) is 0 Å². The standard InChI is InChI=1S/C10H20N4O/c1-5-6-11-7-9-12-13-10(15-9)14(4)8(2)3/h8,11H,5-7H2,1-4H3. The highest BCUT2D eigenvalue weighted by molar-refractivity contribution is 5.23. The van der Waals surface area contributed by atoms with E-state index in [2.05, 4.69) is 36.3 Å². The SMILES string of the molecule is CCCNCc1nnc(N(C)C(C)C)o1. The molecule has 0 unspecified atom stereocenters. The topological polar surface area (TPSA) is 54.2 Å². The highest BCUT2D eigenvalue weighted by atomic mass is 16.4. The van der Waals surface area contributed by atoms with Crippen molar-refractivity contribution in [3.63, 3.8) is 0 Å². The Hall–Kier alpha value is -1.10. The number of rotatable bonds is 6. The van der Waals surface area contributed by atoms with Crippen LogP contribution in [-0.4, -0.2) is 29.8 Å². The summed E-state index contributed by atoms with van der Waals surface area (Å²) in [4.78, 5) is 1.95. The van der Waals surface area contributed by atoms with E-state index in [4.69, 9.17) is 4.42 Å². The first-order chi connectivity index (χ1) is 7.15. The first kappa shape index (κ1) is 12.0. The minimum Gasteiger partial charge on any atom is -0.407 e. The molecular weight excluding hydrogens is 192 g/mol. The molecule has 5 heteroatoms. The number of aromatic nitrogens is 2. The van der Waals surface area contributed by atoms with E-state index in [-0.39, 0.29) is 0 Å². The van der Waals surface area contributed by atoms with Gasteiger partial charge in [-0.3, -0.25) is 0 Å². The third-order valence-electron chi connectivity index (χ3n) is 2.24. The average molecular weight is 212 g/mol. The molecule has 0 bridgehead atoms. The van der Waals surface area contributed by atoms with Crippen LogP contribution in [0, 0.1) is 0 Å². The first-order valence-electron chi connectivity index (χ1n) is 5.41. The van der Waals surface area contributed by atoms with Crippen LogP contribution in [0.4, 0.5) is 6.01 Å². The van der Waals surface area contributed by atoms with Gasteiger partial charge in [-0.05, 0) is 26.8 Å². The molecule has 15 heavy (non-hydrogen) atoms. The van der Waals surface area contributed by atoms with E-state index in [0.29, 0.717) is 24.5 Å². The van der Waals surface area contributed by atoms with Crippen LogP contribution >= 0.6 is 0 Å². The Morgan fingerprint density at radius 2 is 2.13 bits per heavy atom. The molecule has 1 N–H and O–H groups in total. The summed E-state index contributed by atoms with van der Waals surface area (Å²) in [6.07, 6.45) is 1.10. The van der Waals surface area contributed by atoms with Crippen LogP contribution < -0.4 is 10.2 Å². The second-order valence-electron chi connectivity index (χ2n) is 3.86. The van der Waals surface area contributed by atoms with Gasteiger partial charge < -0.3 is 14.6 Å². The van der Waals surface area contributed by atoms with Crippen molar-refractivity contribution in [2.24, 2.45) is 0 Å². The molecule has 0 amide bonds. The second-order valence-corrected chi connectivity index (χ2v) is 3.86. The van der Waals surface area contributed by atoms with Gasteiger partial charge in [0.2, 0.25) is 5.89 Å². The van der Waals surface area contributed by atoms with Crippen molar-refractivity contribution < 1.29 is 4.42 Å². The number of anilines is 1. The molecule has 0 saturated carbocycles. The van der Waals surface area contributed by atoms with Crippen LogP contribution in [0.2, 0.25) is 0 Å². The van der Waals surface area contributed by atoms with E-state index in [1.54, 1.807) is 0 Å². The predicted octanol–water partition coefficient (Wildman–Crippen LogP) is 1.41. The Bertz CT molecular complexity index is 285. The van der Waals surface area contributed by atoms with Gasteiger partial charge in [-0.1, -0.05) is 12.0 Å². The molecule has 1 rings (SSSR count). The summed E-state index contributed by atoms with van der Waals surface area (Å²) < 4.78 is 5.49. The number of hydrogen-bond donors (Lipinski definition) is 1. The summed E-state index contributed by atoms with van der Waals surface area (Å²) in [5.74, 6) is 0.644. The van der Waals surface area contributed by atoms with E-state index in [0.717, 1.165) is 13.0 Å². The molecule has 1 aromatic rings. The Morgan fingerprint density at radius 1 is 1.40 bits per heavy atom. The number of nitrogens with zero attached hydrogens (tertiary/aromatic N) is 3. The van der Waals surface area contributed by atoms with Crippen LogP contribution in [0.15, 0.2) is 4.42 Å². The molecule has 0 radical (unpaired) electrons. The molecule has 0 fully saturated rings. The monoisotopic (exact) mass is 212 g/mol. The van der Waals surface area contributed by atoms with Crippen LogP contribution in [0.25, 0.3) is 0 Å². The summed E-state index contributed by atoms with van der Waals surface area (Å²) in [5.41, 5.74) is 0. The van der Waals surface area contributed by atoms with Crippen molar-refractivity contribution in [1.82, 2.24) is 15.5 Å². The van der Waals surface area contributed by atoms with E-state index < -0.39 is 0 Å². The van der Waals surface area contributed by atoms with Gasteiger partial charge in [0.15, 0.2) is 0 Å². The Balaban J connectivity index is 2.48. The summed E-state index contributed by atoms with van der Waals surface area (Å²) in [6, 6.07) is 0.945. The van der Waals surface area contributed by atoms with E-state index >= 15 is 0 Å². The number of nitrogens with one attached hydrogen (secondary N) is 1. The van der Waals surface area contributed by atoms with E-state index in [9.17, 15) is 0 Å². The lowest BCUT2D eigenvalue weighted by Crippen LogP contribution is -2.25. The Kier molecular flexibility index (Phi) is 4.55. The van der Waals surface area contributed by atoms with Crippen molar-refractivity contribution in [1.29, 1.82) is 0 Å². The van der Waals surface area contributed by atoms with Crippen molar-refractivity contribution in [3.05, 3.63) is 5.89 Å². The number of hydrogen-bond acceptors (Lipinski definition) is 5. The summed E-state index contributed by atoms with van der Waals surface area (Å²) in [6.45, 7) is 7.90. The molecule has 0 aliphatic heterocycles.